The van der Waals surface area contributed by atoms with Crippen LogP contribution >= 0.6 is 11.8 Å². The van der Waals surface area contributed by atoms with E-state index in [2.05, 4.69) is 48.7 Å². The molecule has 0 radical (unpaired) electrons. The van der Waals surface area contributed by atoms with Gasteiger partial charge in [0, 0.05) is 11.4 Å². The molecule has 1 aromatic heterocycles. The Labute approximate surface area is 238 Å². The fraction of sp³-hybridized carbons (Fsp3) is 0.258. The minimum Gasteiger partial charge on any atom is -0.495 e. The molecule has 3 aromatic carbocycles. The molecule has 2 heterocycles. The van der Waals surface area contributed by atoms with Crippen molar-refractivity contribution in [2.75, 3.05) is 23.5 Å². The van der Waals surface area contributed by atoms with Gasteiger partial charge in [-0.15, -0.1) is 5.10 Å². The number of methoxy groups -OCH3 is 1. The molecular formula is C31H33N5O3S. The van der Waals surface area contributed by atoms with Gasteiger partial charge in [-0.1, -0.05) is 72.8 Å². The highest BCUT2D eigenvalue weighted by molar-refractivity contribution is 7.99. The molecule has 0 fully saturated rings. The highest BCUT2D eigenvalue weighted by Gasteiger charge is 2.34. The second kappa shape index (κ2) is 12.3. The van der Waals surface area contributed by atoms with Crippen LogP contribution in [-0.2, 0) is 11.4 Å². The predicted octanol–water partition coefficient (Wildman–Crippen LogP) is 6.60. The van der Waals surface area contributed by atoms with Crippen molar-refractivity contribution in [3.63, 3.8) is 0 Å². The standard InChI is InChI=1S/C31H33N5O3S/c1-5-18-40-31-34-30-32-21(3)27(29(37)33-25-8-6-7-9-26(25)38-4)28(36(30)35-31)23-14-16-24(17-15-23)39-19-22-12-10-20(2)11-13-22/h6-17,28H,5,18-19H2,1-4H3,(H,33,37)(H,32,34,35). The number of amides is 1. The summed E-state index contributed by atoms with van der Waals surface area (Å²) in [6.45, 7) is 6.56. The summed E-state index contributed by atoms with van der Waals surface area (Å²) >= 11 is 1.60. The van der Waals surface area contributed by atoms with Crippen molar-refractivity contribution in [1.82, 2.24) is 14.8 Å². The van der Waals surface area contributed by atoms with Crippen LogP contribution in [0.5, 0.6) is 11.5 Å². The Morgan fingerprint density at radius 2 is 1.80 bits per heavy atom. The molecule has 9 heteroatoms. The number of carbonyl (C=O) groups excluding carboxylic acids is 1. The number of thioether (sulfide) groups is 1. The molecule has 5 rings (SSSR count). The third-order valence-corrected chi connectivity index (χ3v) is 7.63. The van der Waals surface area contributed by atoms with Crippen molar-refractivity contribution in [3.8, 4) is 11.5 Å². The van der Waals surface area contributed by atoms with Gasteiger partial charge < -0.3 is 20.1 Å². The first kappa shape index (κ1) is 27.3. The molecular weight excluding hydrogens is 522 g/mol. The van der Waals surface area contributed by atoms with Crippen molar-refractivity contribution < 1.29 is 14.3 Å². The van der Waals surface area contributed by atoms with Gasteiger partial charge in [0.05, 0.1) is 18.4 Å². The maximum absolute atomic E-state index is 13.8. The lowest BCUT2D eigenvalue weighted by atomic mass is 9.95. The van der Waals surface area contributed by atoms with Crippen LogP contribution < -0.4 is 20.1 Å². The molecule has 1 amide bonds. The lowest BCUT2D eigenvalue weighted by molar-refractivity contribution is -0.113. The molecule has 1 atom stereocenters. The van der Waals surface area contributed by atoms with E-state index in [0.717, 1.165) is 29.1 Å². The summed E-state index contributed by atoms with van der Waals surface area (Å²) in [4.78, 5) is 18.5. The van der Waals surface area contributed by atoms with Crippen LogP contribution in [0.25, 0.3) is 0 Å². The lowest BCUT2D eigenvalue weighted by Gasteiger charge is -2.29. The number of hydrogen-bond donors (Lipinski definition) is 2. The summed E-state index contributed by atoms with van der Waals surface area (Å²) in [6, 6.07) is 23.0. The molecule has 0 aliphatic carbocycles. The number of nitrogens with zero attached hydrogens (tertiary/aromatic N) is 3. The van der Waals surface area contributed by atoms with Gasteiger partial charge in [-0.2, -0.15) is 4.98 Å². The smallest absolute Gasteiger partial charge is 0.255 e. The number of carbonyl (C=O) groups is 1. The zero-order valence-electron chi connectivity index (χ0n) is 23.1. The summed E-state index contributed by atoms with van der Waals surface area (Å²) < 4.78 is 13.3. The third kappa shape index (κ3) is 5.99. The van der Waals surface area contributed by atoms with E-state index in [0.29, 0.717) is 40.4 Å². The lowest BCUT2D eigenvalue weighted by Crippen LogP contribution is -2.31. The van der Waals surface area contributed by atoms with Crippen LogP contribution in [0.4, 0.5) is 11.6 Å². The Morgan fingerprint density at radius 3 is 2.52 bits per heavy atom. The van der Waals surface area contributed by atoms with Crippen LogP contribution in [-0.4, -0.2) is 33.5 Å². The summed E-state index contributed by atoms with van der Waals surface area (Å²) in [7, 11) is 1.58. The molecule has 1 aliphatic heterocycles. The molecule has 0 spiro atoms. The normalized spacial score (nSPS) is 14.3. The number of nitrogens with one attached hydrogen (secondary N) is 2. The van der Waals surface area contributed by atoms with Gasteiger partial charge in [-0.3, -0.25) is 4.79 Å². The Kier molecular flexibility index (Phi) is 8.40. The molecule has 40 heavy (non-hydrogen) atoms. The fourth-order valence-corrected chi connectivity index (χ4v) is 5.21. The van der Waals surface area contributed by atoms with Crippen molar-refractivity contribution in [1.29, 1.82) is 0 Å². The number of anilines is 2. The first-order valence-corrected chi connectivity index (χ1v) is 14.2. The van der Waals surface area contributed by atoms with Crippen molar-refractivity contribution in [2.24, 2.45) is 0 Å². The van der Waals surface area contributed by atoms with Gasteiger partial charge >= 0.3 is 0 Å². The zero-order valence-corrected chi connectivity index (χ0v) is 23.9. The van der Waals surface area contributed by atoms with Crippen molar-refractivity contribution in [2.45, 2.75) is 45.0 Å². The highest BCUT2D eigenvalue weighted by atomic mass is 32.2. The number of ether oxygens (including phenoxy) is 2. The topological polar surface area (TPSA) is 90.3 Å². The molecule has 206 valence electrons. The van der Waals surface area contributed by atoms with Gasteiger partial charge in [0.2, 0.25) is 11.1 Å². The zero-order chi connectivity index (χ0) is 28.1. The van der Waals surface area contributed by atoms with Crippen LogP contribution in [0, 0.1) is 6.92 Å². The highest BCUT2D eigenvalue weighted by Crippen LogP contribution is 2.38. The SMILES string of the molecule is CCCSc1nc2n(n1)C(c1ccc(OCc3ccc(C)cc3)cc1)C(C(=O)Nc1ccccc1OC)=C(C)N2. The summed E-state index contributed by atoms with van der Waals surface area (Å²) in [5.41, 5.74) is 5.07. The minimum absolute atomic E-state index is 0.247. The van der Waals surface area contributed by atoms with E-state index < -0.39 is 6.04 Å². The van der Waals surface area contributed by atoms with E-state index in [9.17, 15) is 4.79 Å². The number of aromatic nitrogens is 3. The molecule has 1 aliphatic rings. The molecule has 0 bridgehead atoms. The largest absolute Gasteiger partial charge is 0.495 e. The van der Waals surface area contributed by atoms with Gasteiger partial charge in [-0.25, -0.2) is 4.68 Å². The Morgan fingerprint density at radius 1 is 1.05 bits per heavy atom. The van der Waals surface area contributed by atoms with E-state index in [1.54, 1.807) is 23.6 Å². The van der Waals surface area contributed by atoms with Crippen LogP contribution in [0.3, 0.4) is 0 Å². The molecule has 4 aromatic rings. The van der Waals surface area contributed by atoms with Crippen LogP contribution in [0.2, 0.25) is 0 Å². The van der Waals surface area contributed by atoms with Gasteiger partial charge in [0.1, 0.15) is 24.1 Å². The summed E-state index contributed by atoms with van der Waals surface area (Å²) in [6.07, 6.45) is 1.01. The first-order valence-electron chi connectivity index (χ1n) is 13.3. The number of para-hydroxylation sites is 2. The minimum atomic E-state index is -0.486. The first-order chi connectivity index (χ1) is 19.5. The maximum Gasteiger partial charge on any atom is 0.255 e. The van der Waals surface area contributed by atoms with E-state index in [1.807, 2.05) is 55.5 Å². The summed E-state index contributed by atoms with van der Waals surface area (Å²) in [5, 5.41) is 11.8. The number of fused-ring (bicyclic) bond motifs is 1. The molecule has 8 nitrogen and oxygen atoms in total. The Balaban J connectivity index is 1.45. The second-order valence-corrected chi connectivity index (χ2v) is 10.6. The number of benzene rings is 3. The van der Waals surface area contributed by atoms with Gasteiger partial charge in [0.25, 0.3) is 5.91 Å². The van der Waals surface area contributed by atoms with E-state index >= 15 is 0 Å². The maximum atomic E-state index is 13.8. The Hall–Kier alpha value is -4.24. The van der Waals surface area contributed by atoms with E-state index in [4.69, 9.17) is 19.6 Å². The van der Waals surface area contributed by atoms with Crippen molar-refractivity contribution >= 4 is 29.3 Å². The van der Waals surface area contributed by atoms with E-state index in [-0.39, 0.29) is 5.91 Å². The van der Waals surface area contributed by atoms with Crippen molar-refractivity contribution in [3.05, 3.63) is 101 Å². The van der Waals surface area contributed by atoms with Crippen LogP contribution in [0.1, 0.15) is 43.0 Å². The molecule has 1 unspecified atom stereocenters. The number of rotatable bonds is 10. The second-order valence-electron chi connectivity index (χ2n) is 9.57. The van der Waals surface area contributed by atoms with Gasteiger partial charge in [0.15, 0.2) is 0 Å². The van der Waals surface area contributed by atoms with E-state index in [1.165, 1.54) is 5.56 Å². The number of allylic oxidation sites excluding steroid dienone is 1. The monoisotopic (exact) mass is 555 g/mol. The third-order valence-electron chi connectivity index (χ3n) is 6.59. The fourth-order valence-electron chi connectivity index (χ4n) is 4.52. The number of aryl methyl sites for hydroxylation is 1. The quantitative estimate of drug-likeness (QED) is 0.213. The Bertz CT molecular complexity index is 1510. The molecule has 0 saturated carbocycles. The predicted molar refractivity (Wildman–Crippen MR) is 159 cm³/mol. The van der Waals surface area contributed by atoms with Crippen LogP contribution in [0.15, 0.2) is 89.2 Å². The molecule has 0 saturated heterocycles. The average Bonchev–Trinajstić information content (AvgIpc) is 3.38. The molecule has 2 N–H and O–H groups in total. The number of hydrogen-bond acceptors (Lipinski definition) is 7. The van der Waals surface area contributed by atoms with Gasteiger partial charge in [-0.05, 0) is 55.7 Å². The summed E-state index contributed by atoms with van der Waals surface area (Å²) in [5.74, 6) is 2.60. The average molecular weight is 556 g/mol.